The van der Waals surface area contributed by atoms with Crippen LogP contribution >= 0.6 is 11.8 Å². The molecule has 0 saturated carbocycles. The minimum absolute atomic E-state index is 0.113. The van der Waals surface area contributed by atoms with Crippen LogP contribution in [-0.4, -0.2) is 33.1 Å². The number of rotatable bonds is 8. The molecule has 158 valence electrons. The molecule has 1 aromatic heterocycles. The summed E-state index contributed by atoms with van der Waals surface area (Å²) in [5.41, 5.74) is 2.71. The summed E-state index contributed by atoms with van der Waals surface area (Å²) in [7, 11) is 1.59. The van der Waals surface area contributed by atoms with Gasteiger partial charge in [-0.2, -0.15) is 0 Å². The molecule has 1 amide bonds. The van der Waals surface area contributed by atoms with Gasteiger partial charge in [-0.3, -0.25) is 4.79 Å². The van der Waals surface area contributed by atoms with Crippen LogP contribution in [0.2, 0.25) is 0 Å². The molecule has 7 nitrogen and oxygen atoms in total. The number of para-hydroxylation sites is 2. The standard InChI is InChI=1S/C22H27N5O2S/c1-5-14(2)16-10-6-8-12-18(16)24-21(28)15(3)30-22-26-25-20(27(22)23)17-11-7-9-13-19(17)29-4/h6-15H,5,23H2,1-4H3,(H,24,28)/t14-,15+/m0/s1. The first-order chi connectivity index (χ1) is 14.5. The predicted octanol–water partition coefficient (Wildman–Crippen LogP) is 4.30. The van der Waals surface area contributed by atoms with E-state index in [0.29, 0.717) is 22.6 Å². The van der Waals surface area contributed by atoms with Crippen molar-refractivity contribution < 1.29 is 9.53 Å². The van der Waals surface area contributed by atoms with Crippen molar-refractivity contribution in [2.24, 2.45) is 0 Å². The summed E-state index contributed by atoms with van der Waals surface area (Å²) in [4.78, 5) is 12.8. The lowest BCUT2D eigenvalue weighted by Crippen LogP contribution is -2.24. The Morgan fingerprint density at radius 3 is 2.60 bits per heavy atom. The Morgan fingerprint density at radius 1 is 1.17 bits per heavy atom. The van der Waals surface area contributed by atoms with Crippen LogP contribution in [0.3, 0.4) is 0 Å². The Kier molecular flexibility index (Phi) is 6.99. The van der Waals surface area contributed by atoms with Crippen molar-refractivity contribution >= 4 is 23.4 Å². The second kappa shape index (κ2) is 9.67. The van der Waals surface area contributed by atoms with E-state index in [1.807, 2.05) is 49.4 Å². The summed E-state index contributed by atoms with van der Waals surface area (Å²) >= 11 is 1.26. The summed E-state index contributed by atoms with van der Waals surface area (Å²) in [6, 6.07) is 15.4. The number of nitrogens with one attached hydrogen (secondary N) is 1. The van der Waals surface area contributed by atoms with Crippen molar-refractivity contribution in [1.82, 2.24) is 14.9 Å². The molecule has 0 bridgehead atoms. The molecule has 8 heteroatoms. The fraction of sp³-hybridized carbons (Fsp3) is 0.318. The van der Waals surface area contributed by atoms with E-state index in [1.54, 1.807) is 7.11 Å². The fourth-order valence-electron chi connectivity index (χ4n) is 3.08. The molecule has 1 heterocycles. The molecule has 0 spiro atoms. The lowest BCUT2D eigenvalue weighted by Gasteiger charge is -2.17. The number of nitrogens with two attached hydrogens (primary N) is 1. The van der Waals surface area contributed by atoms with Gasteiger partial charge in [0, 0.05) is 5.69 Å². The van der Waals surface area contributed by atoms with Gasteiger partial charge in [-0.25, -0.2) is 4.68 Å². The summed E-state index contributed by atoms with van der Waals surface area (Å²) in [6.45, 7) is 6.11. The average Bonchev–Trinajstić information content (AvgIpc) is 3.13. The molecule has 30 heavy (non-hydrogen) atoms. The molecular formula is C22H27N5O2S. The fourth-order valence-corrected chi connectivity index (χ4v) is 3.85. The third-order valence-electron chi connectivity index (χ3n) is 5.03. The summed E-state index contributed by atoms with van der Waals surface area (Å²) in [5.74, 6) is 7.60. The van der Waals surface area contributed by atoms with E-state index in [9.17, 15) is 4.79 Å². The van der Waals surface area contributed by atoms with Crippen LogP contribution in [-0.2, 0) is 4.79 Å². The topological polar surface area (TPSA) is 95.1 Å². The van der Waals surface area contributed by atoms with Gasteiger partial charge in [-0.1, -0.05) is 55.9 Å². The number of hydrogen-bond donors (Lipinski definition) is 2. The van der Waals surface area contributed by atoms with E-state index in [4.69, 9.17) is 10.6 Å². The number of carbonyl (C=O) groups is 1. The molecule has 3 aromatic rings. The third-order valence-corrected chi connectivity index (χ3v) is 6.08. The minimum Gasteiger partial charge on any atom is -0.496 e. The Balaban J connectivity index is 1.75. The zero-order valence-electron chi connectivity index (χ0n) is 17.6. The van der Waals surface area contributed by atoms with E-state index in [-0.39, 0.29) is 5.91 Å². The number of anilines is 1. The van der Waals surface area contributed by atoms with Crippen LogP contribution in [0.15, 0.2) is 53.7 Å². The highest BCUT2D eigenvalue weighted by Gasteiger charge is 2.22. The van der Waals surface area contributed by atoms with Crippen LogP contribution in [0.4, 0.5) is 5.69 Å². The highest BCUT2D eigenvalue weighted by atomic mass is 32.2. The van der Waals surface area contributed by atoms with Crippen molar-refractivity contribution in [3.05, 3.63) is 54.1 Å². The Hall–Kier alpha value is -3.00. The monoisotopic (exact) mass is 425 g/mol. The van der Waals surface area contributed by atoms with E-state index in [2.05, 4.69) is 35.4 Å². The molecular weight excluding hydrogens is 398 g/mol. The van der Waals surface area contributed by atoms with Crippen LogP contribution in [0.1, 0.15) is 38.7 Å². The minimum atomic E-state index is -0.410. The number of methoxy groups -OCH3 is 1. The van der Waals surface area contributed by atoms with E-state index in [0.717, 1.165) is 23.2 Å². The maximum atomic E-state index is 12.8. The van der Waals surface area contributed by atoms with Crippen molar-refractivity contribution in [2.75, 3.05) is 18.3 Å². The van der Waals surface area contributed by atoms with Gasteiger partial charge in [-0.15, -0.1) is 10.2 Å². The van der Waals surface area contributed by atoms with E-state index >= 15 is 0 Å². The Morgan fingerprint density at radius 2 is 1.87 bits per heavy atom. The van der Waals surface area contributed by atoms with Gasteiger partial charge in [0.2, 0.25) is 11.1 Å². The molecule has 0 aliphatic rings. The van der Waals surface area contributed by atoms with Crippen molar-refractivity contribution in [1.29, 1.82) is 0 Å². The first kappa shape index (κ1) is 21.7. The zero-order valence-corrected chi connectivity index (χ0v) is 18.4. The number of nitrogen functional groups attached to an aromatic ring is 1. The summed E-state index contributed by atoms with van der Waals surface area (Å²) < 4.78 is 6.77. The third kappa shape index (κ3) is 4.59. The molecule has 3 N–H and O–H groups in total. The second-order valence-corrected chi connectivity index (χ2v) is 8.33. The smallest absolute Gasteiger partial charge is 0.237 e. The van der Waals surface area contributed by atoms with Crippen LogP contribution in [0.5, 0.6) is 5.75 Å². The molecule has 2 aromatic carbocycles. The van der Waals surface area contributed by atoms with Gasteiger partial charge in [0.15, 0.2) is 5.82 Å². The normalized spacial score (nSPS) is 12.9. The van der Waals surface area contributed by atoms with Gasteiger partial charge < -0.3 is 15.9 Å². The van der Waals surface area contributed by atoms with Crippen molar-refractivity contribution in [2.45, 2.75) is 43.5 Å². The van der Waals surface area contributed by atoms with Crippen LogP contribution in [0, 0.1) is 0 Å². The number of thioether (sulfide) groups is 1. The van der Waals surface area contributed by atoms with Gasteiger partial charge in [-0.05, 0) is 43.0 Å². The first-order valence-electron chi connectivity index (χ1n) is 9.86. The molecule has 0 fully saturated rings. The highest BCUT2D eigenvalue weighted by Crippen LogP contribution is 2.31. The molecule has 3 rings (SSSR count). The van der Waals surface area contributed by atoms with E-state index in [1.165, 1.54) is 16.4 Å². The van der Waals surface area contributed by atoms with Crippen LogP contribution in [0.25, 0.3) is 11.4 Å². The lowest BCUT2D eigenvalue weighted by atomic mass is 9.97. The average molecular weight is 426 g/mol. The number of hydrogen-bond acceptors (Lipinski definition) is 6. The lowest BCUT2D eigenvalue weighted by molar-refractivity contribution is -0.115. The van der Waals surface area contributed by atoms with Crippen molar-refractivity contribution in [3.8, 4) is 17.1 Å². The maximum absolute atomic E-state index is 12.8. The number of ether oxygens (including phenoxy) is 1. The number of amides is 1. The largest absolute Gasteiger partial charge is 0.496 e. The molecule has 0 saturated heterocycles. The molecule has 0 radical (unpaired) electrons. The van der Waals surface area contributed by atoms with Crippen molar-refractivity contribution in [3.63, 3.8) is 0 Å². The molecule has 2 atom stereocenters. The Bertz CT molecular complexity index is 1020. The maximum Gasteiger partial charge on any atom is 0.237 e. The first-order valence-corrected chi connectivity index (χ1v) is 10.7. The SMILES string of the molecule is CC[C@H](C)c1ccccc1NC(=O)[C@@H](C)Sc1nnc(-c2ccccc2OC)n1N. The molecule has 0 aliphatic carbocycles. The van der Waals surface area contributed by atoms with Gasteiger partial charge in [0.05, 0.1) is 17.9 Å². The zero-order chi connectivity index (χ0) is 21.7. The predicted molar refractivity (Wildman–Crippen MR) is 121 cm³/mol. The van der Waals surface area contributed by atoms with Crippen LogP contribution < -0.4 is 15.9 Å². The van der Waals surface area contributed by atoms with Gasteiger partial charge >= 0.3 is 0 Å². The van der Waals surface area contributed by atoms with Gasteiger partial charge in [0.1, 0.15) is 5.75 Å². The van der Waals surface area contributed by atoms with E-state index < -0.39 is 5.25 Å². The summed E-state index contributed by atoms with van der Waals surface area (Å²) in [5, 5.41) is 11.5. The molecule has 0 aliphatic heterocycles. The number of nitrogens with zero attached hydrogens (tertiary/aromatic N) is 3. The second-order valence-electron chi connectivity index (χ2n) is 7.02. The van der Waals surface area contributed by atoms with Gasteiger partial charge in [0.25, 0.3) is 0 Å². The summed E-state index contributed by atoms with van der Waals surface area (Å²) in [6.07, 6.45) is 0.999. The highest BCUT2D eigenvalue weighted by molar-refractivity contribution is 8.00. The quantitative estimate of drug-likeness (QED) is 0.413. The molecule has 0 unspecified atom stereocenters. The Labute approximate surface area is 181 Å². The number of aromatic nitrogens is 3. The number of carbonyl (C=O) groups excluding carboxylic acids is 1. The number of benzene rings is 2.